The number of halogens is 2. The first-order chi connectivity index (χ1) is 16.7. The van der Waals surface area contributed by atoms with E-state index in [4.69, 9.17) is 9.84 Å². The van der Waals surface area contributed by atoms with Gasteiger partial charge in [-0.2, -0.15) is 5.26 Å². The van der Waals surface area contributed by atoms with Crippen LogP contribution in [0.3, 0.4) is 0 Å². The molecule has 2 amide bonds. The number of ether oxygens (including phenoxy) is 1. The Bertz CT molecular complexity index is 1160. The number of aliphatic hydroxyl groups is 2. The highest BCUT2D eigenvalue weighted by Gasteiger charge is 2.48. The van der Waals surface area contributed by atoms with Gasteiger partial charge in [-0.05, 0) is 48.2 Å². The first-order valence-electron chi connectivity index (χ1n) is 11.2. The van der Waals surface area contributed by atoms with Crippen LogP contribution in [0, 0.1) is 17.2 Å². The van der Waals surface area contributed by atoms with Crippen molar-refractivity contribution in [2.75, 3.05) is 25.0 Å². The Labute approximate surface area is 199 Å². The fourth-order valence-corrected chi connectivity index (χ4v) is 3.85. The predicted octanol–water partition coefficient (Wildman–Crippen LogP) is 1.94. The summed E-state index contributed by atoms with van der Waals surface area (Å²) in [5.74, 6) is -4.12. The van der Waals surface area contributed by atoms with Crippen LogP contribution in [0.4, 0.5) is 14.6 Å². The second-order valence-electron chi connectivity index (χ2n) is 8.63. The number of alkyl halides is 2. The number of carbonyl (C=O) groups is 2. The summed E-state index contributed by atoms with van der Waals surface area (Å²) in [7, 11) is 0. The molecule has 184 valence electrons. The van der Waals surface area contributed by atoms with Gasteiger partial charge < -0.3 is 25.2 Å². The van der Waals surface area contributed by atoms with Crippen molar-refractivity contribution in [2.45, 2.75) is 37.4 Å². The van der Waals surface area contributed by atoms with Crippen LogP contribution in [0.5, 0.6) is 5.75 Å². The number of nitrogens with one attached hydrogen (secondary N) is 1. The van der Waals surface area contributed by atoms with Gasteiger partial charge in [-0.25, -0.2) is 13.8 Å². The number of amides is 2. The second-order valence-corrected chi connectivity index (χ2v) is 8.63. The van der Waals surface area contributed by atoms with E-state index in [0.29, 0.717) is 16.9 Å². The third-order valence-corrected chi connectivity index (χ3v) is 5.97. The Balaban J connectivity index is 1.48. The fourth-order valence-electron chi connectivity index (χ4n) is 3.85. The van der Waals surface area contributed by atoms with Gasteiger partial charge in [-0.3, -0.25) is 9.59 Å². The average Bonchev–Trinajstić information content (AvgIpc) is 3.70. The summed E-state index contributed by atoms with van der Waals surface area (Å²) < 4.78 is 35.0. The van der Waals surface area contributed by atoms with Crippen molar-refractivity contribution in [3.63, 3.8) is 0 Å². The topological polar surface area (TPSA) is 136 Å². The number of nitriles is 1. The Kier molecular flexibility index (Phi) is 6.95. The van der Waals surface area contributed by atoms with Crippen LogP contribution in [0.2, 0.25) is 0 Å². The Morgan fingerprint density at radius 2 is 2.00 bits per heavy atom. The fraction of sp³-hybridized carbons (Fsp3) is 0.417. The molecule has 2 fully saturated rings. The molecule has 35 heavy (non-hydrogen) atoms. The SMILES string of the molecule is N#Cc1cc(-c2ccnc(NC(=O)C3CC3)c2)ccc1OC1CCN(C(=O)[C@@H](O)CO)CC1(F)F. The zero-order valence-corrected chi connectivity index (χ0v) is 18.7. The molecule has 3 N–H and O–H groups in total. The maximum atomic E-state index is 14.7. The van der Waals surface area contributed by atoms with E-state index in [-0.39, 0.29) is 36.1 Å². The molecule has 2 aromatic rings. The van der Waals surface area contributed by atoms with Crippen LogP contribution in [-0.4, -0.2) is 69.7 Å². The van der Waals surface area contributed by atoms with Crippen molar-refractivity contribution in [2.24, 2.45) is 5.92 Å². The number of benzene rings is 1. The molecule has 0 radical (unpaired) electrons. The predicted molar refractivity (Wildman–Crippen MR) is 119 cm³/mol. The number of carbonyl (C=O) groups excluding carboxylic acids is 2. The van der Waals surface area contributed by atoms with Crippen molar-refractivity contribution < 1.29 is 33.3 Å². The highest BCUT2D eigenvalue weighted by Crippen LogP contribution is 2.35. The lowest BCUT2D eigenvalue weighted by Crippen LogP contribution is -2.57. The molecule has 1 aliphatic heterocycles. The summed E-state index contributed by atoms with van der Waals surface area (Å²) in [6, 6.07) is 9.88. The van der Waals surface area contributed by atoms with E-state index in [9.17, 15) is 28.7 Å². The molecule has 4 rings (SSSR count). The average molecular weight is 486 g/mol. The lowest BCUT2D eigenvalue weighted by Gasteiger charge is -2.38. The van der Waals surface area contributed by atoms with Crippen LogP contribution in [0.25, 0.3) is 11.1 Å². The zero-order valence-electron chi connectivity index (χ0n) is 18.7. The van der Waals surface area contributed by atoms with Crippen molar-refractivity contribution in [3.8, 4) is 22.9 Å². The summed E-state index contributed by atoms with van der Waals surface area (Å²) in [5.41, 5.74) is 1.34. The van der Waals surface area contributed by atoms with Crippen LogP contribution in [-0.2, 0) is 9.59 Å². The number of pyridine rings is 1. The van der Waals surface area contributed by atoms with Crippen LogP contribution < -0.4 is 10.1 Å². The smallest absolute Gasteiger partial charge is 0.301 e. The van der Waals surface area contributed by atoms with Gasteiger partial charge in [0.25, 0.3) is 5.91 Å². The van der Waals surface area contributed by atoms with Crippen molar-refractivity contribution in [3.05, 3.63) is 42.1 Å². The second kappa shape index (κ2) is 9.93. The highest BCUT2D eigenvalue weighted by molar-refractivity contribution is 5.93. The third kappa shape index (κ3) is 5.55. The number of anilines is 1. The van der Waals surface area contributed by atoms with Gasteiger partial charge in [0.15, 0.2) is 12.2 Å². The van der Waals surface area contributed by atoms with Crippen molar-refractivity contribution in [1.29, 1.82) is 5.26 Å². The number of aliphatic hydroxyl groups excluding tert-OH is 2. The van der Waals surface area contributed by atoms with Gasteiger partial charge in [0.2, 0.25) is 5.91 Å². The molecule has 0 spiro atoms. The van der Waals surface area contributed by atoms with Gasteiger partial charge >= 0.3 is 5.92 Å². The number of rotatable bonds is 7. The first kappa shape index (κ1) is 24.5. The monoisotopic (exact) mass is 486 g/mol. The molecule has 9 nitrogen and oxygen atoms in total. The normalized spacial score (nSPS) is 20.0. The van der Waals surface area contributed by atoms with E-state index in [1.54, 1.807) is 18.2 Å². The standard InChI is InChI=1S/C24H24F2N4O5/c25-24(26)13-30(23(34)18(32)12-31)8-6-20(24)35-19-4-3-15(9-17(19)11-27)16-5-7-28-21(10-16)29-22(33)14-1-2-14/h3-5,7,9-10,14,18,20,31-32H,1-2,6,8,12-13H2,(H,28,29,33)/t18-,20?/m0/s1. The summed E-state index contributed by atoms with van der Waals surface area (Å²) in [4.78, 5) is 28.9. The Morgan fingerprint density at radius 3 is 2.66 bits per heavy atom. The molecule has 2 heterocycles. The molecule has 1 aromatic carbocycles. The number of piperidine rings is 1. The molecule has 1 aliphatic carbocycles. The van der Waals surface area contributed by atoms with Crippen molar-refractivity contribution >= 4 is 17.6 Å². The first-order valence-corrected chi connectivity index (χ1v) is 11.2. The van der Waals surface area contributed by atoms with Gasteiger partial charge in [-0.15, -0.1) is 0 Å². The van der Waals surface area contributed by atoms with Crippen LogP contribution in [0.15, 0.2) is 36.5 Å². The Hall–Kier alpha value is -3.62. The van der Waals surface area contributed by atoms with Gasteiger partial charge in [0, 0.05) is 25.1 Å². The molecule has 1 unspecified atom stereocenters. The van der Waals surface area contributed by atoms with Gasteiger partial charge in [0.1, 0.15) is 17.6 Å². The summed E-state index contributed by atoms with van der Waals surface area (Å²) in [5, 5.41) is 30.7. The highest BCUT2D eigenvalue weighted by atomic mass is 19.3. The van der Waals surface area contributed by atoms with E-state index < -0.39 is 37.2 Å². The molecule has 2 aliphatic rings. The van der Waals surface area contributed by atoms with Gasteiger partial charge in [-0.1, -0.05) is 6.07 Å². The minimum atomic E-state index is -3.44. The number of hydrogen-bond acceptors (Lipinski definition) is 7. The molecular formula is C24H24F2N4O5. The molecule has 1 saturated carbocycles. The summed E-state index contributed by atoms with van der Waals surface area (Å²) >= 11 is 0. The van der Waals surface area contributed by atoms with E-state index >= 15 is 0 Å². The van der Waals surface area contributed by atoms with E-state index in [1.807, 2.05) is 6.07 Å². The lowest BCUT2D eigenvalue weighted by molar-refractivity contribution is -0.167. The van der Waals surface area contributed by atoms with Crippen molar-refractivity contribution in [1.82, 2.24) is 9.88 Å². The summed E-state index contributed by atoms with van der Waals surface area (Å²) in [6.45, 7) is -1.92. The maximum Gasteiger partial charge on any atom is 0.301 e. The van der Waals surface area contributed by atoms with Gasteiger partial charge in [0.05, 0.1) is 18.7 Å². The quantitative estimate of drug-likeness (QED) is 0.544. The molecule has 1 saturated heterocycles. The molecular weight excluding hydrogens is 462 g/mol. The summed E-state index contributed by atoms with van der Waals surface area (Å²) in [6.07, 6.45) is -0.317. The zero-order chi connectivity index (χ0) is 25.2. The number of hydrogen-bond donors (Lipinski definition) is 3. The molecule has 11 heteroatoms. The number of likely N-dealkylation sites (tertiary alicyclic amines) is 1. The van der Waals surface area contributed by atoms with E-state index in [0.717, 1.165) is 17.7 Å². The van der Waals surface area contributed by atoms with E-state index in [2.05, 4.69) is 10.3 Å². The lowest BCUT2D eigenvalue weighted by atomic mass is 10.0. The third-order valence-electron chi connectivity index (χ3n) is 5.97. The van der Waals surface area contributed by atoms with Crippen LogP contribution in [0.1, 0.15) is 24.8 Å². The van der Waals surface area contributed by atoms with E-state index in [1.165, 1.54) is 18.3 Å². The minimum absolute atomic E-state index is 0.0185. The minimum Gasteiger partial charge on any atom is -0.483 e. The largest absolute Gasteiger partial charge is 0.483 e. The molecule has 0 bridgehead atoms. The number of nitrogens with zero attached hydrogens (tertiary/aromatic N) is 3. The Morgan fingerprint density at radius 1 is 1.26 bits per heavy atom. The molecule has 2 atom stereocenters. The maximum absolute atomic E-state index is 14.7. The van der Waals surface area contributed by atoms with Crippen LogP contribution >= 0.6 is 0 Å². The number of aromatic nitrogens is 1. The molecule has 1 aromatic heterocycles.